The van der Waals surface area contributed by atoms with Crippen LogP contribution in [0.15, 0.2) is 52.9 Å². The summed E-state index contributed by atoms with van der Waals surface area (Å²) in [5.41, 5.74) is -0.286. The maximum absolute atomic E-state index is 14.8. The quantitative estimate of drug-likeness (QED) is 0.163. The minimum atomic E-state index is -4.33. The van der Waals surface area contributed by atoms with Gasteiger partial charge >= 0.3 is 12.1 Å². The number of carbonyl (C=O) groups is 2. The van der Waals surface area contributed by atoms with Crippen LogP contribution < -0.4 is 14.1 Å². The van der Waals surface area contributed by atoms with Gasteiger partial charge in [-0.15, -0.1) is 11.3 Å². The van der Waals surface area contributed by atoms with Gasteiger partial charge in [0.1, 0.15) is 22.2 Å². The zero-order valence-electron chi connectivity index (χ0n) is 20.4. The van der Waals surface area contributed by atoms with Gasteiger partial charge in [-0.2, -0.15) is 0 Å². The number of nitro benzene ring substituents is 1. The molecule has 16 heteroatoms. The van der Waals surface area contributed by atoms with Crippen LogP contribution in [0.2, 0.25) is 0 Å². The fraction of sp³-hybridized carbons (Fsp3) is 0.227. The molecular formula is C22H22FN4O8PS2. The van der Waals surface area contributed by atoms with Gasteiger partial charge < -0.3 is 9.47 Å². The minimum absolute atomic E-state index is 0.0226. The van der Waals surface area contributed by atoms with Gasteiger partial charge in [0.05, 0.1) is 21.0 Å². The van der Waals surface area contributed by atoms with Crippen LogP contribution in [0.1, 0.15) is 31.3 Å². The number of halogens is 1. The van der Waals surface area contributed by atoms with Gasteiger partial charge in [-0.25, -0.2) is 31.5 Å². The number of anilines is 2. The number of hydrogen-bond acceptors (Lipinski definition) is 10. The highest BCUT2D eigenvalue weighted by molar-refractivity contribution is 7.98. The van der Waals surface area contributed by atoms with Crippen LogP contribution >= 0.6 is 20.1 Å². The third kappa shape index (κ3) is 6.79. The Bertz CT molecular complexity index is 1470. The summed E-state index contributed by atoms with van der Waals surface area (Å²) >= 11 is 0.914. The van der Waals surface area contributed by atoms with Crippen molar-refractivity contribution in [3.63, 3.8) is 0 Å². The average molecular weight is 585 g/mol. The first kappa shape index (κ1) is 28.9. The Labute approximate surface area is 222 Å². The number of non-ortho nitro benzene ring substituents is 1. The van der Waals surface area contributed by atoms with Gasteiger partial charge in [-0.3, -0.25) is 15.4 Å². The van der Waals surface area contributed by atoms with Gasteiger partial charge in [0.15, 0.2) is 5.69 Å². The maximum atomic E-state index is 14.8. The van der Waals surface area contributed by atoms with Crippen LogP contribution in [-0.2, 0) is 14.8 Å². The molecule has 0 fully saturated rings. The van der Waals surface area contributed by atoms with E-state index in [1.165, 1.54) is 17.6 Å². The van der Waals surface area contributed by atoms with E-state index >= 15 is 0 Å². The molecule has 0 aliphatic heterocycles. The molecule has 0 bridgehead atoms. The van der Waals surface area contributed by atoms with E-state index in [9.17, 15) is 32.5 Å². The molecule has 1 amide bonds. The van der Waals surface area contributed by atoms with E-state index in [0.717, 1.165) is 45.7 Å². The standard InChI is InChI=1S/C22H22FN4O8PS2/c1-22(2,3)35-20(28)18-19(37-12-24-18)27(36-4)38(32,33)15-9-10-17(16(23)11-15)25-21(29)34-14-7-5-13(6-8-14)26(30)31/h5-12,36H,1-4H3,(H,25,29). The second-order valence-corrected chi connectivity index (χ2v) is 12.2. The van der Waals surface area contributed by atoms with Crippen molar-refractivity contribution in [2.45, 2.75) is 31.3 Å². The summed E-state index contributed by atoms with van der Waals surface area (Å²) < 4.78 is 52.7. The molecule has 1 atom stereocenters. The molecule has 0 aliphatic carbocycles. The molecule has 0 spiro atoms. The Kier molecular flexibility index (Phi) is 8.65. The van der Waals surface area contributed by atoms with Crippen molar-refractivity contribution in [3.05, 3.63) is 69.6 Å². The summed E-state index contributed by atoms with van der Waals surface area (Å²) in [5.74, 6) is -1.90. The van der Waals surface area contributed by atoms with Crippen molar-refractivity contribution in [3.8, 4) is 5.75 Å². The van der Waals surface area contributed by atoms with Crippen LogP contribution in [0.4, 0.5) is 25.6 Å². The molecule has 3 aromatic rings. The number of sulfonamides is 1. The first-order chi connectivity index (χ1) is 17.7. The molecule has 1 aromatic heterocycles. The molecule has 1 heterocycles. The summed E-state index contributed by atoms with van der Waals surface area (Å²) in [6, 6.07) is 7.47. The normalized spacial score (nSPS) is 11.8. The smallest absolute Gasteiger partial charge is 0.417 e. The number of amides is 1. The van der Waals surface area contributed by atoms with Crippen molar-refractivity contribution in [1.29, 1.82) is 0 Å². The average Bonchev–Trinajstić information content (AvgIpc) is 3.29. The second-order valence-electron chi connectivity index (χ2n) is 8.41. The zero-order chi connectivity index (χ0) is 28.3. The first-order valence-corrected chi connectivity index (χ1v) is 14.4. The second kappa shape index (κ2) is 11.4. The molecule has 0 saturated heterocycles. The monoisotopic (exact) mass is 584 g/mol. The number of thiazole rings is 1. The highest BCUT2D eigenvalue weighted by Crippen LogP contribution is 2.38. The molecule has 2 aromatic carbocycles. The van der Waals surface area contributed by atoms with Crippen LogP contribution in [0, 0.1) is 15.9 Å². The third-order valence-corrected chi connectivity index (χ3v) is 9.00. The molecule has 1 N–H and O–H groups in total. The molecular weight excluding hydrogens is 562 g/mol. The topological polar surface area (TPSA) is 158 Å². The summed E-state index contributed by atoms with van der Waals surface area (Å²) in [5, 5.41) is 12.9. The molecule has 0 aliphatic rings. The van der Waals surface area contributed by atoms with E-state index in [-0.39, 0.29) is 36.6 Å². The lowest BCUT2D eigenvalue weighted by atomic mass is 10.2. The van der Waals surface area contributed by atoms with E-state index in [2.05, 4.69) is 10.3 Å². The van der Waals surface area contributed by atoms with Crippen LogP contribution in [0.5, 0.6) is 5.75 Å². The van der Waals surface area contributed by atoms with Gasteiger partial charge in [0.2, 0.25) is 0 Å². The highest BCUT2D eigenvalue weighted by Gasteiger charge is 2.32. The third-order valence-electron chi connectivity index (χ3n) is 4.50. The molecule has 12 nitrogen and oxygen atoms in total. The summed E-state index contributed by atoms with van der Waals surface area (Å²) in [6.07, 6.45) is -1.10. The van der Waals surface area contributed by atoms with Gasteiger partial charge in [0.25, 0.3) is 15.7 Å². The van der Waals surface area contributed by atoms with E-state index in [1.807, 2.05) is 0 Å². The number of nitro groups is 1. The number of nitrogens with one attached hydrogen (secondary N) is 1. The summed E-state index contributed by atoms with van der Waals surface area (Å²) in [4.78, 5) is 38.3. The molecule has 0 radical (unpaired) electrons. The number of carbonyl (C=O) groups excluding carboxylic acids is 2. The lowest BCUT2D eigenvalue weighted by Crippen LogP contribution is -2.27. The summed E-state index contributed by atoms with van der Waals surface area (Å²) in [6.45, 7) is 6.55. The SMILES string of the molecule is CPN(c1scnc1C(=O)OC(C)(C)C)S(=O)(=O)c1ccc(NC(=O)Oc2ccc([N+](=O)[O-])cc2)c(F)c1. The Morgan fingerprint density at radius 3 is 2.39 bits per heavy atom. The number of rotatable bonds is 8. The fourth-order valence-electron chi connectivity index (χ4n) is 2.92. The van der Waals surface area contributed by atoms with Gasteiger partial charge in [-0.05, 0) is 66.5 Å². The van der Waals surface area contributed by atoms with Crippen LogP contribution in [0.3, 0.4) is 0 Å². The van der Waals surface area contributed by atoms with Crippen LogP contribution in [0.25, 0.3) is 0 Å². The number of hydrogen-bond donors (Lipinski definition) is 1. The van der Waals surface area contributed by atoms with Gasteiger partial charge in [0, 0.05) is 12.1 Å². The first-order valence-electron chi connectivity index (χ1n) is 10.7. The number of aromatic nitrogens is 1. The van der Waals surface area contributed by atoms with Crippen LogP contribution in [-0.4, -0.2) is 42.7 Å². The Balaban J connectivity index is 1.80. The highest BCUT2D eigenvalue weighted by atomic mass is 32.2. The lowest BCUT2D eigenvalue weighted by Gasteiger charge is -2.23. The molecule has 0 saturated carbocycles. The summed E-state index contributed by atoms with van der Waals surface area (Å²) in [7, 11) is -4.71. The fourth-order valence-corrected chi connectivity index (χ4v) is 6.97. The largest absolute Gasteiger partial charge is 0.455 e. The van der Waals surface area contributed by atoms with Crippen molar-refractivity contribution < 1.29 is 36.8 Å². The van der Waals surface area contributed by atoms with E-state index in [1.54, 1.807) is 27.4 Å². The van der Waals surface area contributed by atoms with E-state index in [0.29, 0.717) is 0 Å². The predicted molar refractivity (Wildman–Crippen MR) is 140 cm³/mol. The Morgan fingerprint density at radius 1 is 1.18 bits per heavy atom. The lowest BCUT2D eigenvalue weighted by molar-refractivity contribution is -0.384. The van der Waals surface area contributed by atoms with Crippen molar-refractivity contribution in [2.75, 3.05) is 16.1 Å². The molecule has 38 heavy (non-hydrogen) atoms. The minimum Gasteiger partial charge on any atom is -0.455 e. The van der Waals surface area contributed by atoms with Crippen molar-refractivity contribution in [2.24, 2.45) is 0 Å². The van der Waals surface area contributed by atoms with Crippen molar-refractivity contribution >= 4 is 58.5 Å². The van der Waals surface area contributed by atoms with E-state index in [4.69, 9.17) is 9.47 Å². The molecule has 1 unspecified atom stereocenters. The Hall–Kier alpha value is -3.68. The molecule has 3 rings (SSSR count). The zero-order valence-corrected chi connectivity index (χ0v) is 23.1. The number of nitrogens with zero attached hydrogens (tertiary/aromatic N) is 3. The van der Waals surface area contributed by atoms with E-state index < -0.39 is 43.3 Å². The van der Waals surface area contributed by atoms with Crippen molar-refractivity contribution in [1.82, 2.24) is 4.98 Å². The Morgan fingerprint density at radius 2 is 1.84 bits per heavy atom. The number of esters is 1. The maximum Gasteiger partial charge on any atom is 0.417 e. The molecule has 202 valence electrons. The van der Waals surface area contributed by atoms with Gasteiger partial charge in [-0.1, -0.05) is 0 Å². The number of ether oxygens (including phenoxy) is 2. The number of benzene rings is 2. The predicted octanol–water partition coefficient (Wildman–Crippen LogP) is 5.18.